The molecular weight excluding hydrogens is 512 g/mol. The molecule has 1 aliphatic heterocycles. The molecule has 3 atom stereocenters. The molecule has 0 saturated carbocycles. The van der Waals surface area contributed by atoms with Crippen LogP contribution in [0.2, 0.25) is 0 Å². The molecule has 0 bridgehead atoms. The lowest BCUT2D eigenvalue weighted by Gasteiger charge is -2.24. The van der Waals surface area contributed by atoms with Crippen molar-refractivity contribution in [2.75, 3.05) is 26.2 Å². The van der Waals surface area contributed by atoms with Gasteiger partial charge in [0.2, 0.25) is 23.6 Å². The second kappa shape index (κ2) is 15.8. The number of hydrogen-bond acceptors (Lipinski definition) is 8. The number of hydrogen-bond donors (Lipinski definition) is 10. The minimum atomic E-state index is -1.24. The monoisotopic (exact) mass is 548 g/mol. The molecule has 0 radical (unpaired) electrons. The Hall–Kier alpha value is -4.40. The Labute approximate surface area is 225 Å². The standard InChI is InChI=1S/C24H36N8O7/c25-24(26)28-10-2-4-17(21(37)30-12-19(34)29-13-20(35)36)31-23(39)18(11-14-5-7-15(33)8-6-14)32-22(38)16-3-1-9-27-16/h5-8,16-18,27,33H,1-4,9-13H2,(H,29,34)(H,30,37)(H,31,39)(H,32,38)(H,35,36)(H4,25,26,28)/t16-,17-,18-/m0/s1. The van der Waals surface area contributed by atoms with Gasteiger partial charge in [-0.2, -0.15) is 0 Å². The van der Waals surface area contributed by atoms with E-state index < -0.39 is 54.9 Å². The molecule has 1 heterocycles. The van der Waals surface area contributed by atoms with Crippen molar-refractivity contribution in [1.82, 2.24) is 31.9 Å². The van der Waals surface area contributed by atoms with E-state index in [-0.39, 0.29) is 37.0 Å². The van der Waals surface area contributed by atoms with Crippen molar-refractivity contribution >= 4 is 35.6 Å². The second-order valence-corrected chi connectivity index (χ2v) is 9.01. The summed E-state index contributed by atoms with van der Waals surface area (Å²) in [5, 5.41) is 41.0. The summed E-state index contributed by atoms with van der Waals surface area (Å²) >= 11 is 0. The fourth-order valence-electron chi connectivity index (χ4n) is 3.86. The Balaban J connectivity index is 2.12. The van der Waals surface area contributed by atoms with Gasteiger partial charge < -0.3 is 47.8 Å². The number of nitrogens with one attached hydrogen (secondary N) is 7. The van der Waals surface area contributed by atoms with Crippen LogP contribution >= 0.6 is 0 Å². The predicted octanol–water partition coefficient (Wildman–Crippen LogP) is -2.76. The van der Waals surface area contributed by atoms with Crippen LogP contribution < -0.4 is 37.6 Å². The number of amides is 4. The topological polar surface area (TPSA) is 248 Å². The summed E-state index contributed by atoms with van der Waals surface area (Å²) in [6.07, 6.45) is 1.96. The van der Waals surface area contributed by atoms with E-state index in [1.165, 1.54) is 12.1 Å². The first kappa shape index (κ1) is 30.8. The molecule has 0 unspecified atom stereocenters. The average Bonchev–Trinajstić information content (AvgIpc) is 3.43. The van der Waals surface area contributed by atoms with Gasteiger partial charge in [-0.05, 0) is 49.9 Å². The SMILES string of the molecule is N=C(N)NCCC[C@H](NC(=O)[C@H](Cc1ccc(O)cc1)NC(=O)[C@@H]1CCCN1)C(=O)NCC(=O)NCC(=O)O. The third-order valence-electron chi connectivity index (χ3n) is 5.86. The quantitative estimate of drug-likeness (QED) is 0.0614. The van der Waals surface area contributed by atoms with Crippen molar-refractivity contribution in [2.45, 2.75) is 50.2 Å². The fourth-order valence-corrected chi connectivity index (χ4v) is 3.86. The molecule has 15 heteroatoms. The van der Waals surface area contributed by atoms with Crippen molar-refractivity contribution in [3.8, 4) is 5.75 Å². The first-order valence-corrected chi connectivity index (χ1v) is 12.5. The second-order valence-electron chi connectivity index (χ2n) is 9.01. The summed E-state index contributed by atoms with van der Waals surface area (Å²) < 4.78 is 0. The van der Waals surface area contributed by atoms with Crippen LogP contribution in [0, 0.1) is 5.41 Å². The maximum atomic E-state index is 13.3. The number of aliphatic carboxylic acids is 1. The largest absolute Gasteiger partial charge is 0.508 e. The number of phenolic OH excluding ortho intramolecular Hbond substituents is 1. The maximum absolute atomic E-state index is 13.3. The van der Waals surface area contributed by atoms with Crippen LogP contribution in [-0.2, 0) is 30.4 Å². The molecule has 11 N–H and O–H groups in total. The molecule has 214 valence electrons. The third kappa shape index (κ3) is 11.7. The Bertz CT molecular complexity index is 1030. The first-order valence-electron chi connectivity index (χ1n) is 12.5. The number of carbonyl (C=O) groups is 5. The van der Waals surface area contributed by atoms with Crippen LogP contribution in [0.15, 0.2) is 24.3 Å². The Morgan fingerprint density at radius 3 is 2.33 bits per heavy atom. The van der Waals surface area contributed by atoms with Crippen molar-refractivity contribution in [3.63, 3.8) is 0 Å². The smallest absolute Gasteiger partial charge is 0.322 e. The minimum absolute atomic E-state index is 0.0437. The van der Waals surface area contributed by atoms with E-state index in [0.717, 1.165) is 6.42 Å². The summed E-state index contributed by atoms with van der Waals surface area (Å²) in [6, 6.07) is 3.54. The van der Waals surface area contributed by atoms with Crippen molar-refractivity contribution < 1.29 is 34.2 Å². The van der Waals surface area contributed by atoms with Crippen LogP contribution in [0.4, 0.5) is 0 Å². The van der Waals surface area contributed by atoms with E-state index in [4.69, 9.17) is 16.2 Å². The number of aromatic hydroxyl groups is 1. The van der Waals surface area contributed by atoms with Gasteiger partial charge in [-0.15, -0.1) is 0 Å². The zero-order valence-corrected chi connectivity index (χ0v) is 21.4. The zero-order valence-electron chi connectivity index (χ0n) is 21.4. The molecular formula is C24H36N8O7. The highest BCUT2D eigenvalue weighted by atomic mass is 16.4. The van der Waals surface area contributed by atoms with Crippen LogP contribution in [0.3, 0.4) is 0 Å². The average molecular weight is 549 g/mol. The number of carboxylic acid groups (broad SMARTS) is 1. The molecule has 0 spiro atoms. The predicted molar refractivity (Wildman–Crippen MR) is 140 cm³/mol. The molecule has 15 nitrogen and oxygen atoms in total. The van der Waals surface area contributed by atoms with Gasteiger partial charge in [0, 0.05) is 13.0 Å². The number of carboxylic acids is 1. The molecule has 2 rings (SSSR count). The molecule has 1 saturated heterocycles. The Morgan fingerprint density at radius 1 is 1.00 bits per heavy atom. The number of carbonyl (C=O) groups excluding carboxylic acids is 4. The summed E-state index contributed by atoms with van der Waals surface area (Å²) in [5.74, 6) is -3.86. The molecule has 1 aromatic carbocycles. The fraction of sp³-hybridized carbons (Fsp3) is 0.500. The van der Waals surface area contributed by atoms with E-state index in [1.807, 2.05) is 0 Å². The highest BCUT2D eigenvalue weighted by Crippen LogP contribution is 2.13. The molecule has 4 amide bonds. The van der Waals surface area contributed by atoms with Crippen LogP contribution in [0.1, 0.15) is 31.2 Å². The van der Waals surface area contributed by atoms with Crippen LogP contribution in [0.25, 0.3) is 0 Å². The van der Waals surface area contributed by atoms with Gasteiger partial charge in [-0.1, -0.05) is 12.1 Å². The van der Waals surface area contributed by atoms with Gasteiger partial charge in [0.05, 0.1) is 12.6 Å². The zero-order chi connectivity index (χ0) is 28.8. The highest BCUT2D eigenvalue weighted by Gasteiger charge is 2.30. The summed E-state index contributed by atoms with van der Waals surface area (Å²) in [6.45, 7) is -0.191. The molecule has 1 aromatic rings. The number of nitrogens with two attached hydrogens (primary N) is 1. The lowest BCUT2D eigenvalue weighted by atomic mass is 10.0. The minimum Gasteiger partial charge on any atom is -0.508 e. The molecule has 0 aliphatic carbocycles. The number of rotatable bonds is 15. The van der Waals surface area contributed by atoms with Gasteiger partial charge in [0.25, 0.3) is 0 Å². The molecule has 1 fully saturated rings. The van der Waals surface area contributed by atoms with E-state index in [2.05, 4.69) is 31.9 Å². The van der Waals surface area contributed by atoms with Gasteiger partial charge in [0.15, 0.2) is 5.96 Å². The van der Waals surface area contributed by atoms with Gasteiger partial charge >= 0.3 is 5.97 Å². The van der Waals surface area contributed by atoms with E-state index in [1.54, 1.807) is 12.1 Å². The van der Waals surface area contributed by atoms with Crippen molar-refractivity contribution in [2.24, 2.45) is 5.73 Å². The Morgan fingerprint density at radius 2 is 1.72 bits per heavy atom. The van der Waals surface area contributed by atoms with E-state index >= 15 is 0 Å². The van der Waals surface area contributed by atoms with Crippen molar-refractivity contribution in [1.29, 1.82) is 5.41 Å². The van der Waals surface area contributed by atoms with Crippen LogP contribution in [-0.4, -0.2) is 90.1 Å². The van der Waals surface area contributed by atoms with E-state index in [0.29, 0.717) is 24.9 Å². The third-order valence-corrected chi connectivity index (χ3v) is 5.86. The molecule has 39 heavy (non-hydrogen) atoms. The highest BCUT2D eigenvalue weighted by molar-refractivity contribution is 5.94. The number of phenols is 1. The van der Waals surface area contributed by atoms with E-state index in [9.17, 15) is 29.1 Å². The molecule has 0 aromatic heterocycles. The first-order chi connectivity index (χ1) is 18.5. The number of benzene rings is 1. The molecule has 1 aliphatic rings. The van der Waals surface area contributed by atoms with Gasteiger partial charge in [-0.25, -0.2) is 0 Å². The summed E-state index contributed by atoms with van der Waals surface area (Å²) in [5.41, 5.74) is 5.94. The van der Waals surface area contributed by atoms with Crippen molar-refractivity contribution in [3.05, 3.63) is 29.8 Å². The lowest BCUT2D eigenvalue weighted by Crippen LogP contribution is -2.56. The number of guanidine groups is 1. The maximum Gasteiger partial charge on any atom is 0.322 e. The normalized spacial score (nSPS) is 15.8. The summed E-state index contributed by atoms with van der Waals surface area (Å²) in [4.78, 5) is 61.4. The Kier molecular flexibility index (Phi) is 12.5. The summed E-state index contributed by atoms with van der Waals surface area (Å²) in [7, 11) is 0. The van der Waals surface area contributed by atoms with Crippen LogP contribution in [0.5, 0.6) is 5.75 Å². The van der Waals surface area contributed by atoms with Gasteiger partial charge in [0.1, 0.15) is 24.4 Å². The lowest BCUT2D eigenvalue weighted by molar-refractivity contribution is -0.138. The van der Waals surface area contributed by atoms with Gasteiger partial charge in [-0.3, -0.25) is 29.4 Å².